The smallest absolute Gasteiger partial charge is 0.0893 e. The maximum absolute atomic E-state index is 5.30. The molecule has 0 spiro atoms. The van der Waals surface area contributed by atoms with E-state index >= 15 is 0 Å². The van der Waals surface area contributed by atoms with Crippen LogP contribution in [0.1, 0.15) is 12.1 Å². The summed E-state index contributed by atoms with van der Waals surface area (Å²) in [7, 11) is 0. The molecule has 6 heteroatoms. The van der Waals surface area contributed by atoms with Gasteiger partial charge in [0, 0.05) is 25.0 Å². The molecule has 1 aromatic rings. The second-order valence-corrected chi connectivity index (χ2v) is 4.49. The van der Waals surface area contributed by atoms with Crippen LogP contribution in [0.25, 0.3) is 0 Å². The lowest BCUT2D eigenvalue weighted by Crippen LogP contribution is -2.37. The minimum absolute atomic E-state index is 0.833. The standard InChI is InChI=1S/C10H18N4OS/c1(3-14-4-6-15-7-5-14)2-11-8-10-9-16-13-12-10/h9,11H,1-8H2. The SMILES string of the molecule is c1snnc1CNCCCN1CCOCC1. The van der Waals surface area contributed by atoms with Crippen LogP contribution < -0.4 is 5.32 Å². The number of rotatable bonds is 6. The first kappa shape index (κ1) is 11.9. The summed E-state index contributed by atoms with van der Waals surface area (Å²) >= 11 is 1.40. The summed E-state index contributed by atoms with van der Waals surface area (Å²) < 4.78 is 9.13. The van der Waals surface area contributed by atoms with Gasteiger partial charge in [-0.05, 0) is 31.0 Å². The fourth-order valence-corrected chi connectivity index (χ4v) is 2.18. The van der Waals surface area contributed by atoms with E-state index in [0.717, 1.165) is 51.6 Å². The van der Waals surface area contributed by atoms with E-state index in [2.05, 4.69) is 19.8 Å². The molecule has 0 aromatic carbocycles. The number of ether oxygens (including phenoxy) is 1. The van der Waals surface area contributed by atoms with E-state index in [1.54, 1.807) is 0 Å². The number of hydrogen-bond acceptors (Lipinski definition) is 6. The molecule has 0 aliphatic carbocycles. The lowest BCUT2D eigenvalue weighted by atomic mass is 10.3. The van der Waals surface area contributed by atoms with Crippen molar-refractivity contribution in [1.82, 2.24) is 19.8 Å². The Balaban J connectivity index is 1.48. The van der Waals surface area contributed by atoms with E-state index in [-0.39, 0.29) is 0 Å². The molecule has 1 aromatic heterocycles. The highest BCUT2D eigenvalue weighted by molar-refractivity contribution is 7.03. The normalized spacial score (nSPS) is 17.8. The maximum atomic E-state index is 5.30. The van der Waals surface area contributed by atoms with Crippen molar-refractivity contribution in [2.45, 2.75) is 13.0 Å². The van der Waals surface area contributed by atoms with Gasteiger partial charge in [0.05, 0.1) is 18.9 Å². The van der Waals surface area contributed by atoms with Crippen molar-refractivity contribution in [1.29, 1.82) is 0 Å². The average molecular weight is 242 g/mol. The van der Waals surface area contributed by atoms with E-state index in [1.165, 1.54) is 18.0 Å². The third-order valence-electron chi connectivity index (χ3n) is 2.64. The van der Waals surface area contributed by atoms with Gasteiger partial charge in [0.1, 0.15) is 0 Å². The van der Waals surface area contributed by atoms with Gasteiger partial charge in [0.2, 0.25) is 0 Å². The fraction of sp³-hybridized carbons (Fsp3) is 0.800. The predicted molar refractivity (Wildman–Crippen MR) is 63.5 cm³/mol. The van der Waals surface area contributed by atoms with Gasteiger partial charge in [-0.25, -0.2) is 0 Å². The zero-order valence-electron chi connectivity index (χ0n) is 9.39. The number of aromatic nitrogens is 2. The van der Waals surface area contributed by atoms with Gasteiger partial charge in [0.15, 0.2) is 0 Å². The van der Waals surface area contributed by atoms with Gasteiger partial charge in [-0.2, -0.15) is 0 Å². The van der Waals surface area contributed by atoms with Crippen LogP contribution in [0.4, 0.5) is 0 Å². The van der Waals surface area contributed by atoms with Crippen LogP contribution in [0.5, 0.6) is 0 Å². The zero-order valence-corrected chi connectivity index (χ0v) is 10.2. The van der Waals surface area contributed by atoms with Crippen LogP contribution in [0.3, 0.4) is 0 Å². The summed E-state index contributed by atoms with van der Waals surface area (Å²) in [6.45, 7) is 6.96. The molecule has 0 unspecified atom stereocenters. The van der Waals surface area contributed by atoms with Crippen molar-refractivity contribution in [3.63, 3.8) is 0 Å². The minimum atomic E-state index is 0.833. The van der Waals surface area contributed by atoms with Crippen molar-refractivity contribution >= 4 is 11.5 Å². The van der Waals surface area contributed by atoms with Crippen molar-refractivity contribution < 1.29 is 4.74 Å². The maximum Gasteiger partial charge on any atom is 0.0893 e. The molecule has 1 aliphatic rings. The third kappa shape index (κ3) is 4.13. The molecule has 16 heavy (non-hydrogen) atoms. The molecule has 0 bridgehead atoms. The van der Waals surface area contributed by atoms with Crippen molar-refractivity contribution in [2.75, 3.05) is 39.4 Å². The van der Waals surface area contributed by atoms with Gasteiger partial charge < -0.3 is 10.1 Å². The molecule has 90 valence electrons. The second kappa shape index (κ2) is 6.90. The Morgan fingerprint density at radius 1 is 1.44 bits per heavy atom. The molecule has 5 nitrogen and oxygen atoms in total. The van der Waals surface area contributed by atoms with E-state index in [0.29, 0.717) is 0 Å². The quantitative estimate of drug-likeness (QED) is 0.730. The number of nitrogens with one attached hydrogen (secondary N) is 1. The Labute approximate surface area is 100.0 Å². The number of morpholine rings is 1. The van der Waals surface area contributed by atoms with E-state index in [4.69, 9.17) is 4.74 Å². The van der Waals surface area contributed by atoms with Crippen LogP contribution in [0.15, 0.2) is 5.38 Å². The number of hydrogen-bond donors (Lipinski definition) is 1. The van der Waals surface area contributed by atoms with E-state index < -0.39 is 0 Å². The predicted octanol–water partition coefficient (Wildman–Crippen LogP) is 0.350. The Kier molecular flexibility index (Phi) is 5.14. The van der Waals surface area contributed by atoms with Gasteiger partial charge in [-0.3, -0.25) is 4.90 Å². The molecule has 0 saturated carbocycles. The number of nitrogens with zero attached hydrogens (tertiary/aromatic N) is 3. The van der Waals surface area contributed by atoms with Gasteiger partial charge >= 0.3 is 0 Å². The summed E-state index contributed by atoms with van der Waals surface area (Å²) in [5.74, 6) is 0. The first-order valence-electron chi connectivity index (χ1n) is 5.72. The molecule has 1 fully saturated rings. The molecular formula is C10H18N4OS. The topological polar surface area (TPSA) is 50.3 Å². The Morgan fingerprint density at radius 3 is 3.06 bits per heavy atom. The van der Waals surface area contributed by atoms with Crippen LogP contribution in [0.2, 0.25) is 0 Å². The highest BCUT2D eigenvalue weighted by Gasteiger charge is 2.08. The summed E-state index contributed by atoms with van der Waals surface area (Å²) in [5.41, 5.74) is 1.04. The van der Waals surface area contributed by atoms with Gasteiger partial charge in [-0.15, -0.1) is 5.10 Å². The van der Waals surface area contributed by atoms with Crippen LogP contribution in [-0.4, -0.2) is 53.9 Å². The third-order valence-corrected chi connectivity index (χ3v) is 3.20. The second-order valence-electron chi connectivity index (χ2n) is 3.88. The van der Waals surface area contributed by atoms with Crippen LogP contribution >= 0.6 is 11.5 Å². The van der Waals surface area contributed by atoms with Crippen molar-refractivity contribution in [2.24, 2.45) is 0 Å². The summed E-state index contributed by atoms with van der Waals surface area (Å²) in [5, 5.41) is 9.34. The van der Waals surface area contributed by atoms with Crippen molar-refractivity contribution in [3.8, 4) is 0 Å². The molecule has 0 atom stereocenters. The summed E-state index contributed by atoms with van der Waals surface area (Å²) in [6.07, 6.45) is 1.18. The van der Waals surface area contributed by atoms with Gasteiger partial charge in [-0.1, -0.05) is 4.49 Å². The highest BCUT2D eigenvalue weighted by Crippen LogP contribution is 1.98. The lowest BCUT2D eigenvalue weighted by Gasteiger charge is -2.26. The Morgan fingerprint density at radius 2 is 2.31 bits per heavy atom. The van der Waals surface area contributed by atoms with Crippen molar-refractivity contribution in [3.05, 3.63) is 11.1 Å². The van der Waals surface area contributed by atoms with Crippen LogP contribution in [-0.2, 0) is 11.3 Å². The molecule has 1 aliphatic heterocycles. The molecule has 1 saturated heterocycles. The minimum Gasteiger partial charge on any atom is -0.379 e. The summed E-state index contributed by atoms with van der Waals surface area (Å²) in [6, 6.07) is 0. The molecule has 2 heterocycles. The van der Waals surface area contributed by atoms with E-state index in [9.17, 15) is 0 Å². The first-order chi connectivity index (χ1) is 7.95. The first-order valence-corrected chi connectivity index (χ1v) is 6.55. The lowest BCUT2D eigenvalue weighted by molar-refractivity contribution is 0.0374. The summed E-state index contributed by atoms with van der Waals surface area (Å²) in [4.78, 5) is 2.45. The van der Waals surface area contributed by atoms with E-state index in [1.807, 2.05) is 5.38 Å². The monoisotopic (exact) mass is 242 g/mol. The molecule has 0 amide bonds. The highest BCUT2D eigenvalue weighted by atomic mass is 32.1. The molecule has 1 N–H and O–H groups in total. The molecular weight excluding hydrogens is 224 g/mol. The largest absolute Gasteiger partial charge is 0.379 e. The zero-order chi connectivity index (χ0) is 11.1. The average Bonchev–Trinajstić information content (AvgIpc) is 2.83. The molecule has 2 rings (SSSR count). The van der Waals surface area contributed by atoms with Crippen LogP contribution in [0, 0.1) is 0 Å². The van der Waals surface area contributed by atoms with Gasteiger partial charge in [0.25, 0.3) is 0 Å². The molecule has 0 radical (unpaired) electrons. The fourth-order valence-electron chi connectivity index (χ4n) is 1.73. The Bertz CT molecular complexity index is 274. The Hall–Kier alpha value is -0.560.